The summed E-state index contributed by atoms with van der Waals surface area (Å²) in [6, 6.07) is 3.68. The van der Waals surface area contributed by atoms with Gasteiger partial charge in [-0.2, -0.15) is 0 Å². The standard InChI is InChI=1S/C15H15N3OS/c1-11-8-17-6-4-12(11)9-18-15(19)13-7-14(20-10-13)3-2-5-16/h4,6-8,10H,5,9,16H2,1H3,(H,18,19). The molecule has 0 radical (unpaired) electrons. The van der Waals surface area contributed by atoms with Crippen molar-refractivity contribution < 1.29 is 4.79 Å². The van der Waals surface area contributed by atoms with Gasteiger partial charge in [0.05, 0.1) is 17.0 Å². The van der Waals surface area contributed by atoms with Crippen molar-refractivity contribution in [1.29, 1.82) is 0 Å². The highest BCUT2D eigenvalue weighted by Crippen LogP contribution is 2.13. The zero-order chi connectivity index (χ0) is 14.4. The first kappa shape index (κ1) is 14.3. The number of carbonyl (C=O) groups excluding carboxylic acids is 1. The lowest BCUT2D eigenvalue weighted by atomic mass is 10.1. The van der Waals surface area contributed by atoms with E-state index in [1.165, 1.54) is 11.3 Å². The number of carbonyl (C=O) groups is 1. The van der Waals surface area contributed by atoms with E-state index in [0.29, 0.717) is 18.7 Å². The topological polar surface area (TPSA) is 68.0 Å². The van der Waals surface area contributed by atoms with Crippen molar-refractivity contribution in [3.63, 3.8) is 0 Å². The lowest BCUT2D eigenvalue weighted by Gasteiger charge is -2.06. The molecule has 0 aliphatic heterocycles. The molecule has 2 rings (SSSR count). The molecule has 0 unspecified atom stereocenters. The molecule has 0 aliphatic carbocycles. The monoisotopic (exact) mass is 285 g/mol. The first-order chi connectivity index (χ1) is 9.70. The van der Waals surface area contributed by atoms with E-state index in [9.17, 15) is 4.79 Å². The number of hydrogen-bond acceptors (Lipinski definition) is 4. The van der Waals surface area contributed by atoms with Crippen LogP contribution in [0.1, 0.15) is 26.4 Å². The minimum atomic E-state index is -0.0988. The van der Waals surface area contributed by atoms with Crippen LogP contribution in [0.25, 0.3) is 0 Å². The van der Waals surface area contributed by atoms with Crippen LogP contribution in [0.5, 0.6) is 0 Å². The van der Waals surface area contributed by atoms with Crippen LogP contribution in [0.4, 0.5) is 0 Å². The molecule has 0 aromatic carbocycles. The second-order valence-corrected chi connectivity index (χ2v) is 5.10. The number of rotatable bonds is 3. The molecule has 1 amide bonds. The smallest absolute Gasteiger partial charge is 0.252 e. The van der Waals surface area contributed by atoms with Crippen LogP contribution in [0, 0.1) is 18.8 Å². The fraction of sp³-hybridized carbons (Fsp3) is 0.200. The van der Waals surface area contributed by atoms with Crippen molar-refractivity contribution in [2.45, 2.75) is 13.5 Å². The Kier molecular flexibility index (Phi) is 4.88. The minimum absolute atomic E-state index is 0.0988. The molecule has 0 saturated heterocycles. The molecular weight excluding hydrogens is 270 g/mol. The Morgan fingerprint density at radius 2 is 2.40 bits per heavy atom. The average molecular weight is 285 g/mol. The van der Waals surface area contributed by atoms with Gasteiger partial charge >= 0.3 is 0 Å². The van der Waals surface area contributed by atoms with Gasteiger partial charge in [0, 0.05) is 24.3 Å². The fourth-order valence-corrected chi connectivity index (χ4v) is 2.39. The van der Waals surface area contributed by atoms with Crippen LogP contribution in [-0.2, 0) is 6.54 Å². The van der Waals surface area contributed by atoms with E-state index in [0.717, 1.165) is 16.0 Å². The highest BCUT2D eigenvalue weighted by Gasteiger charge is 2.08. The molecule has 2 aromatic heterocycles. The SMILES string of the molecule is Cc1cnccc1CNC(=O)c1csc(C#CCN)c1. The fourth-order valence-electron chi connectivity index (χ4n) is 1.64. The third-order valence-electron chi connectivity index (χ3n) is 2.75. The molecule has 20 heavy (non-hydrogen) atoms. The lowest BCUT2D eigenvalue weighted by molar-refractivity contribution is 0.0951. The highest BCUT2D eigenvalue weighted by molar-refractivity contribution is 7.10. The van der Waals surface area contributed by atoms with Crippen molar-refractivity contribution in [3.05, 3.63) is 51.5 Å². The van der Waals surface area contributed by atoms with Gasteiger partial charge < -0.3 is 11.1 Å². The predicted octanol–water partition coefficient (Wildman–Crippen LogP) is 1.69. The Balaban J connectivity index is 1.98. The molecule has 0 atom stereocenters. The Hall–Kier alpha value is -2.16. The summed E-state index contributed by atoms with van der Waals surface area (Å²) >= 11 is 1.44. The zero-order valence-electron chi connectivity index (χ0n) is 11.1. The average Bonchev–Trinajstić information content (AvgIpc) is 2.93. The molecule has 4 nitrogen and oxygen atoms in total. The highest BCUT2D eigenvalue weighted by atomic mass is 32.1. The second-order valence-electron chi connectivity index (χ2n) is 4.19. The van der Waals surface area contributed by atoms with Gasteiger partial charge in [-0.1, -0.05) is 11.8 Å². The molecule has 0 saturated carbocycles. The van der Waals surface area contributed by atoms with Gasteiger partial charge in [0.15, 0.2) is 0 Å². The van der Waals surface area contributed by atoms with Crippen molar-refractivity contribution in [2.24, 2.45) is 5.73 Å². The molecule has 0 aliphatic rings. The number of hydrogen-bond donors (Lipinski definition) is 2. The first-order valence-corrected chi connectivity index (χ1v) is 7.04. The quantitative estimate of drug-likeness (QED) is 0.843. The number of nitrogens with one attached hydrogen (secondary N) is 1. The van der Waals surface area contributed by atoms with Gasteiger partial charge in [-0.25, -0.2) is 0 Å². The van der Waals surface area contributed by atoms with Crippen molar-refractivity contribution in [3.8, 4) is 11.8 Å². The summed E-state index contributed by atoms with van der Waals surface area (Å²) in [6.45, 7) is 2.78. The molecule has 5 heteroatoms. The normalized spacial score (nSPS) is 9.70. The van der Waals surface area contributed by atoms with Gasteiger partial charge in [-0.05, 0) is 30.2 Å². The van der Waals surface area contributed by atoms with Crippen LogP contribution in [-0.4, -0.2) is 17.4 Å². The van der Waals surface area contributed by atoms with Gasteiger partial charge in [-0.15, -0.1) is 11.3 Å². The summed E-state index contributed by atoms with van der Waals surface area (Å²) in [5.41, 5.74) is 8.07. The van der Waals surface area contributed by atoms with Crippen molar-refractivity contribution >= 4 is 17.2 Å². The van der Waals surface area contributed by atoms with E-state index >= 15 is 0 Å². The van der Waals surface area contributed by atoms with E-state index < -0.39 is 0 Å². The maximum atomic E-state index is 12.0. The van der Waals surface area contributed by atoms with Gasteiger partial charge in [0.2, 0.25) is 0 Å². The van der Waals surface area contributed by atoms with Crippen LogP contribution in [0.15, 0.2) is 29.9 Å². The van der Waals surface area contributed by atoms with Crippen LogP contribution >= 0.6 is 11.3 Å². The summed E-state index contributed by atoms with van der Waals surface area (Å²) in [4.78, 5) is 16.9. The molecule has 0 spiro atoms. The molecular formula is C15H15N3OS. The maximum Gasteiger partial charge on any atom is 0.252 e. The van der Waals surface area contributed by atoms with E-state index in [4.69, 9.17) is 5.73 Å². The second kappa shape index (κ2) is 6.85. The number of pyridine rings is 1. The third-order valence-corrected chi connectivity index (χ3v) is 3.60. The van der Waals surface area contributed by atoms with Gasteiger partial charge in [0.1, 0.15) is 0 Å². The molecule has 102 valence electrons. The van der Waals surface area contributed by atoms with Crippen molar-refractivity contribution in [1.82, 2.24) is 10.3 Å². The Labute approximate surface area is 122 Å². The Morgan fingerprint density at radius 1 is 1.55 bits per heavy atom. The maximum absolute atomic E-state index is 12.0. The summed E-state index contributed by atoms with van der Waals surface area (Å²) in [7, 11) is 0. The third kappa shape index (κ3) is 3.67. The Morgan fingerprint density at radius 3 is 3.15 bits per heavy atom. The van der Waals surface area contributed by atoms with Crippen LogP contribution in [0.3, 0.4) is 0 Å². The number of amides is 1. The minimum Gasteiger partial charge on any atom is -0.348 e. The molecule has 2 aromatic rings. The van der Waals surface area contributed by atoms with Gasteiger partial charge in [-0.3, -0.25) is 9.78 Å². The largest absolute Gasteiger partial charge is 0.348 e. The number of nitrogens with zero attached hydrogens (tertiary/aromatic N) is 1. The number of aromatic nitrogens is 1. The molecule has 2 heterocycles. The summed E-state index contributed by atoms with van der Waals surface area (Å²) < 4.78 is 0. The Bertz CT molecular complexity index is 667. The summed E-state index contributed by atoms with van der Waals surface area (Å²) in [6.07, 6.45) is 3.51. The predicted molar refractivity (Wildman–Crippen MR) is 80.4 cm³/mol. The molecule has 0 bridgehead atoms. The van der Waals surface area contributed by atoms with E-state index in [1.807, 2.05) is 13.0 Å². The van der Waals surface area contributed by atoms with Crippen molar-refractivity contribution in [2.75, 3.05) is 6.54 Å². The molecule has 3 N–H and O–H groups in total. The first-order valence-electron chi connectivity index (χ1n) is 6.16. The number of aryl methyl sites for hydroxylation is 1. The zero-order valence-corrected chi connectivity index (χ0v) is 12.0. The number of thiophene rings is 1. The lowest BCUT2D eigenvalue weighted by Crippen LogP contribution is -2.22. The number of nitrogens with two attached hydrogens (primary N) is 1. The van der Waals surface area contributed by atoms with E-state index in [1.54, 1.807) is 23.8 Å². The van der Waals surface area contributed by atoms with E-state index in [-0.39, 0.29) is 5.91 Å². The van der Waals surface area contributed by atoms with E-state index in [2.05, 4.69) is 22.1 Å². The summed E-state index contributed by atoms with van der Waals surface area (Å²) in [5.74, 6) is 5.59. The van der Waals surface area contributed by atoms with Gasteiger partial charge in [0.25, 0.3) is 5.91 Å². The molecule has 0 fully saturated rings. The van der Waals surface area contributed by atoms with Crippen LogP contribution in [0.2, 0.25) is 0 Å². The van der Waals surface area contributed by atoms with Crippen LogP contribution < -0.4 is 11.1 Å². The summed E-state index contributed by atoms with van der Waals surface area (Å²) in [5, 5.41) is 4.69.